The lowest BCUT2D eigenvalue weighted by Gasteiger charge is -2.12. The van der Waals surface area contributed by atoms with Gasteiger partial charge in [-0.25, -0.2) is 0 Å². The van der Waals surface area contributed by atoms with Crippen LogP contribution in [0, 0.1) is 0 Å². The molecule has 0 spiro atoms. The first-order chi connectivity index (χ1) is 8.60. The van der Waals surface area contributed by atoms with Crippen LogP contribution in [0.3, 0.4) is 0 Å². The number of hydrogen-bond acceptors (Lipinski definition) is 4. The quantitative estimate of drug-likeness (QED) is 0.751. The highest BCUT2D eigenvalue weighted by atomic mass is 16.5. The zero-order valence-electron chi connectivity index (χ0n) is 10.6. The molecule has 98 valence electrons. The van der Waals surface area contributed by atoms with E-state index in [2.05, 4.69) is 11.9 Å². The summed E-state index contributed by atoms with van der Waals surface area (Å²) in [5, 5.41) is 2.70. The average molecular weight is 250 g/mol. The maximum Gasteiger partial charge on any atom is 0.241 e. The molecule has 0 fully saturated rings. The highest BCUT2D eigenvalue weighted by Gasteiger charge is 2.12. The van der Waals surface area contributed by atoms with Crippen molar-refractivity contribution in [1.82, 2.24) is 0 Å². The molecule has 0 aliphatic heterocycles. The van der Waals surface area contributed by atoms with E-state index in [1.54, 1.807) is 38.5 Å². The van der Waals surface area contributed by atoms with Crippen LogP contribution in [0.2, 0.25) is 0 Å². The highest BCUT2D eigenvalue weighted by molar-refractivity contribution is 5.95. The van der Waals surface area contributed by atoms with E-state index in [1.807, 2.05) is 0 Å². The van der Waals surface area contributed by atoms with Gasteiger partial charge in [0.05, 0.1) is 20.3 Å². The van der Waals surface area contributed by atoms with Crippen molar-refractivity contribution in [3.05, 3.63) is 30.9 Å². The number of ether oxygens (including phenoxy) is 2. The number of rotatable bonds is 6. The van der Waals surface area contributed by atoms with E-state index in [0.717, 1.165) is 0 Å². The van der Waals surface area contributed by atoms with Gasteiger partial charge >= 0.3 is 0 Å². The molecule has 1 aromatic rings. The van der Waals surface area contributed by atoms with Gasteiger partial charge in [-0.3, -0.25) is 4.79 Å². The molecule has 18 heavy (non-hydrogen) atoms. The fourth-order valence-electron chi connectivity index (χ4n) is 1.40. The first kappa shape index (κ1) is 14.1. The number of hydrogen-bond donors (Lipinski definition) is 2. The number of anilines is 1. The largest absolute Gasteiger partial charge is 0.497 e. The molecular weight excluding hydrogens is 232 g/mol. The van der Waals surface area contributed by atoms with Crippen LogP contribution in [0.25, 0.3) is 0 Å². The van der Waals surface area contributed by atoms with E-state index >= 15 is 0 Å². The molecule has 0 bridgehead atoms. The van der Waals surface area contributed by atoms with Crippen molar-refractivity contribution in [1.29, 1.82) is 0 Å². The van der Waals surface area contributed by atoms with Crippen LogP contribution in [0.5, 0.6) is 11.5 Å². The number of carbonyl (C=O) groups is 1. The van der Waals surface area contributed by atoms with E-state index in [9.17, 15) is 4.79 Å². The van der Waals surface area contributed by atoms with E-state index < -0.39 is 6.04 Å². The lowest BCUT2D eigenvalue weighted by Crippen LogP contribution is -2.35. The van der Waals surface area contributed by atoms with Crippen LogP contribution in [0.15, 0.2) is 30.9 Å². The van der Waals surface area contributed by atoms with Gasteiger partial charge in [0.1, 0.15) is 11.5 Å². The number of amides is 1. The lowest BCUT2D eigenvalue weighted by molar-refractivity contribution is -0.117. The number of carbonyl (C=O) groups excluding carboxylic acids is 1. The maximum atomic E-state index is 11.7. The van der Waals surface area contributed by atoms with Gasteiger partial charge in [0.15, 0.2) is 0 Å². The summed E-state index contributed by atoms with van der Waals surface area (Å²) in [7, 11) is 3.09. The molecule has 0 aliphatic carbocycles. The molecule has 5 heteroatoms. The van der Waals surface area contributed by atoms with Crippen LogP contribution in [-0.4, -0.2) is 26.2 Å². The molecule has 1 amide bonds. The van der Waals surface area contributed by atoms with Crippen molar-refractivity contribution in [2.24, 2.45) is 5.73 Å². The summed E-state index contributed by atoms with van der Waals surface area (Å²) in [6, 6.07) is 4.50. The maximum absolute atomic E-state index is 11.7. The van der Waals surface area contributed by atoms with Crippen LogP contribution in [0.4, 0.5) is 5.69 Å². The summed E-state index contributed by atoms with van der Waals surface area (Å²) < 4.78 is 10.2. The third kappa shape index (κ3) is 3.78. The van der Waals surface area contributed by atoms with Gasteiger partial charge in [0.2, 0.25) is 5.91 Å². The van der Waals surface area contributed by atoms with Crippen molar-refractivity contribution < 1.29 is 14.3 Å². The Hall–Kier alpha value is -2.01. The smallest absolute Gasteiger partial charge is 0.241 e. The second kappa shape index (κ2) is 6.66. The summed E-state index contributed by atoms with van der Waals surface area (Å²) in [6.07, 6.45) is 2.03. The van der Waals surface area contributed by atoms with Crippen molar-refractivity contribution in [2.45, 2.75) is 12.5 Å². The minimum Gasteiger partial charge on any atom is -0.497 e. The Morgan fingerprint density at radius 2 is 1.94 bits per heavy atom. The Labute approximate surface area is 107 Å². The third-order valence-corrected chi connectivity index (χ3v) is 2.38. The molecule has 0 radical (unpaired) electrons. The van der Waals surface area contributed by atoms with E-state index in [1.165, 1.54) is 0 Å². The number of nitrogens with one attached hydrogen (secondary N) is 1. The molecule has 0 saturated carbocycles. The fourth-order valence-corrected chi connectivity index (χ4v) is 1.40. The molecule has 0 aromatic heterocycles. The fraction of sp³-hybridized carbons (Fsp3) is 0.308. The number of methoxy groups -OCH3 is 2. The Kier molecular flexibility index (Phi) is 5.20. The van der Waals surface area contributed by atoms with Crippen LogP contribution in [-0.2, 0) is 4.79 Å². The number of nitrogens with two attached hydrogens (primary N) is 1. The second-order valence-corrected chi connectivity index (χ2v) is 3.72. The molecule has 1 unspecified atom stereocenters. The highest BCUT2D eigenvalue weighted by Crippen LogP contribution is 2.25. The topological polar surface area (TPSA) is 73.6 Å². The molecule has 0 heterocycles. The minimum absolute atomic E-state index is 0.273. The van der Waals surface area contributed by atoms with Crippen molar-refractivity contribution >= 4 is 11.6 Å². The Morgan fingerprint density at radius 1 is 1.39 bits per heavy atom. The van der Waals surface area contributed by atoms with E-state index in [4.69, 9.17) is 15.2 Å². The number of benzene rings is 1. The average Bonchev–Trinajstić information content (AvgIpc) is 2.38. The van der Waals surface area contributed by atoms with Gasteiger partial charge in [-0.2, -0.15) is 0 Å². The van der Waals surface area contributed by atoms with E-state index in [0.29, 0.717) is 23.6 Å². The zero-order valence-corrected chi connectivity index (χ0v) is 10.6. The SMILES string of the molecule is C=CCC(N)C(=O)Nc1cc(OC)cc(OC)c1. The Morgan fingerprint density at radius 3 is 2.39 bits per heavy atom. The predicted molar refractivity (Wildman–Crippen MR) is 71.0 cm³/mol. The first-order valence-corrected chi connectivity index (χ1v) is 5.51. The molecule has 0 saturated heterocycles. The monoisotopic (exact) mass is 250 g/mol. The summed E-state index contributed by atoms with van der Waals surface area (Å²) in [5.74, 6) is 0.925. The third-order valence-electron chi connectivity index (χ3n) is 2.38. The van der Waals surface area contributed by atoms with Crippen LogP contribution >= 0.6 is 0 Å². The molecular formula is C13H18N2O3. The second-order valence-electron chi connectivity index (χ2n) is 3.72. The Bertz CT molecular complexity index is 410. The summed E-state index contributed by atoms with van der Waals surface area (Å²) in [6.45, 7) is 3.54. The van der Waals surface area contributed by atoms with Crippen molar-refractivity contribution in [3.8, 4) is 11.5 Å². The van der Waals surface area contributed by atoms with Crippen LogP contribution in [0.1, 0.15) is 6.42 Å². The minimum atomic E-state index is -0.611. The van der Waals surface area contributed by atoms with Gasteiger partial charge < -0.3 is 20.5 Å². The summed E-state index contributed by atoms with van der Waals surface area (Å²) >= 11 is 0. The predicted octanol–water partition coefficient (Wildman–Crippen LogP) is 1.55. The summed E-state index contributed by atoms with van der Waals surface area (Å²) in [4.78, 5) is 11.7. The molecule has 0 aliphatic rings. The zero-order chi connectivity index (χ0) is 13.5. The van der Waals surface area contributed by atoms with Crippen LogP contribution < -0.4 is 20.5 Å². The summed E-state index contributed by atoms with van der Waals surface area (Å²) in [5.41, 5.74) is 6.25. The van der Waals surface area contributed by atoms with Crippen molar-refractivity contribution in [2.75, 3.05) is 19.5 Å². The van der Waals surface area contributed by atoms with Gasteiger partial charge in [0, 0.05) is 23.9 Å². The van der Waals surface area contributed by atoms with Gasteiger partial charge in [-0.1, -0.05) is 6.08 Å². The van der Waals surface area contributed by atoms with E-state index in [-0.39, 0.29) is 5.91 Å². The normalized spacial score (nSPS) is 11.5. The molecule has 1 rings (SSSR count). The van der Waals surface area contributed by atoms with Gasteiger partial charge in [0.25, 0.3) is 0 Å². The molecule has 5 nitrogen and oxygen atoms in total. The Balaban J connectivity index is 2.83. The standard InChI is InChI=1S/C13H18N2O3/c1-4-5-12(14)13(16)15-9-6-10(17-2)8-11(7-9)18-3/h4,6-8,12H,1,5,14H2,2-3H3,(H,15,16). The van der Waals surface area contributed by atoms with Gasteiger partial charge in [-0.05, 0) is 6.42 Å². The lowest BCUT2D eigenvalue weighted by atomic mass is 10.2. The van der Waals surface area contributed by atoms with Crippen molar-refractivity contribution in [3.63, 3.8) is 0 Å². The molecule has 1 aromatic carbocycles. The molecule has 1 atom stereocenters. The van der Waals surface area contributed by atoms with Gasteiger partial charge in [-0.15, -0.1) is 6.58 Å². The first-order valence-electron chi connectivity index (χ1n) is 5.51. The molecule has 3 N–H and O–H groups in total.